The second kappa shape index (κ2) is 11.5. The maximum atomic E-state index is 13.8. The molecular formula is C28H36FN5O2. The van der Waals surface area contributed by atoms with E-state index in [1.807, 2.05) is 21.7 Å². The van der Waals surface area contributed by atoms with Gasteiger partial charge in [-0.25, -0.2) is 9.38 Å². The van der Waals surface area contributed by atoms with Gasteiger partial charge in [0.05, 0.1) is 19.0 Å². The molecule has 3 heterocycles. The fraction of sp³-hybridized carbons (Fsp3) is 0.464. The molecule has 1 aromatic heterocycles. The molecule has 2 aromatic rings. The van der Waals surface area contributed by atoms with E-state index in [9.17, 15) is 9.18 Å². The number of rotatable bonds is 7. The van der Waals surface area contributed by atoms with Crippen LogP contribution in [-0.4, -0.2) is 65.0 Å². The highest BCUT2D eigenvalue weighted by Crippen LogP contribution is 2.24. The molecule has 0 radical (unpaired) electrons. The molecule has 0 bridgehead atoms. The number of piperazine rings is 1. The molecule has 0 aliphatic carbocycles. The number of nitrogens with zero attached hydrogens (tertiary/aromatic N) is 5. The van der Waals surface area contributed by atoms with Gasteiger partial charge in [-0.15, -0.1) is 0 Å². The van der Waals surface area contributed by atoms with Gasteiger partial charge >= 0.3 is 0 Å². The summed E-state index contributed by atoms with van der Waals surface area (Å²) in [5.74, 6) is 1.97. The van der Waals surface area contributed by atoms with E-state index in [1.54, 1.807) is 32.4 Å². The Kier molecular flexibility index (Phi) is 8.23. The summed E-state index contributed by atoms with van der Waals surface area (Å²) in [6, 6.07) is 7.05. The van der Waals surface area contributed by atoms with Crippen LogP contribution in [0, 0.1) is 18.7 Å². The molecule has 0 spiro atoms. The second-order valence-electron chi connectivity index (χ2n) is 9.82. The molecule has 0 N–H and O–H groups in total. The molecular weight excluding hydrogens is 457 g/mol. The predicted octanol–water partition coefficient (Wildman–Crippen LogP) is 4.58. The summed E-state index contributed by atoms with van der Waals surface area (Å²) >= 11 is 0. The zero-order valence-electron chi connectivity index (χ0n) is 21.7. The van der Waals surface area contributed by atoms with Crippen molar-refractivity contribution in [2.75, 3.05) is 33.3 Å². The Morgan fingerprint density at radius 2 is 1.86 bits per heavy atom. The number of hydrogen-bond donors (Lipinski definition) is 0. The Morgan fingerprint density at radius 3 is 2.56 bits per heavy atom. The molecule has 7 nitrogen and oxygen atoms in total. The van der Waals surface area contributed by atoms with E-state index in [0.717, 1.165) is 60.9 Å². The molecule has 1 fully saturated rings. The third-order valence-electron chi connectivity index (χ3n) is 6.57. The summed E-state index contributed by atoms with van der Waals surface area (Å²) in [5, 5.41) is 4.75. The van der Waals surface area contributed by atoms with E-state index < -0.39 is 0 Å². The van der Waals surface area contributed by atoms with Crippen molar-refractivity contribution >= 4 is 12.1 Å². The largest absolute Gasteiger partial charge is 0.495 e. The van der Waals surface area contributed by atoms with Gasteiger partial charge in [0.25, 0.3) is 0 Å². The maximum absolute atomic E-state index is 13.8. The normalized spacial score (nSPS) is 16.5. The lowest BCUT2D eigenvalue weighted by Crippen LogP contribution is -2.49. The average Bonchev–Trinajstić information content (AvgIpc) is 3.22. The van der Waals surface area contributed by atoms with Crippen LogP contribution in [0.4, 0.5) is 4.39 Å². The summed E-state index contributed by atoms with van der Waals surface area (Å²) in [4.78, 5) is 22.0. The van der Waals surface area contributed by atoms with Gasteiger partial charge in [-0.2, -0.15) is 5.10 Å². The number of benzene rings is 1. The maximum Gasteiger partial charge on any atom is 0.244 e. The minimum Gasteiger partial charge on any atom is -0.495 e. The summed E-state index contributed by atoms with van der Waals surface area (Å²) < 4.78 is 20.9. The molecule has 0 saturated carbocycles. The van der Waals surface area contributed by atoms with Gasteiger partial charge in [-0.3, -0.25) is 9.48 Å². The molecule has 8 heteroatoms. The van der Waals surface area contributed by atoms with Crippen LogP contribution in [0.1, 0.15) is 37.9 Å². The fourth-order valence-electron chi connectivity index (χ4n) is 4.55. The highest BCUT2D eigenvalue weighted by atomic mass is 19.1. The lowest BCUT2D eigenvalue weighted by atomic mass is 10.1. The molecule has 0 unspecified atom stereocenters. The minimum atomic E-state index is -0.230. The van der Waals surface area contributed by atoms with Crippen LogP contribution >= 0.6 is 0 Å². The highest BCUT2D eigenvalue weighted by molar-refractivity contribution is 5.77. The molecule has 1 saturated heterocycles. The van der Waals surface area contributed by atoms with Crippen LogP contribution in [0.3, 0.4) is 0 Å². The molecule has 2 aliphatic heterocycles. The van der Waals surface area contributed by atoms with E-state index in [1.165, 1.54) is 6.07 Å². The number of methoxy groups -OCH3 is 1. The Morgan fingerprint density at radius 1 is 1.11 bits per heavy atom. The molecule has 192 valence electrons. The smallest absolute Gasteiger partial charge is 0.244 e. The third-order valence-corrected chi connectivity index (χ3v) is 6.57. The van der Waals surface area contributed by atoms with Gasteiger partial charge in [0.2, 0.25) is 5.91 Å². The Bertz CT molecular complexity index is 1170. The molecule has 0 atom stereocenters. The van der Waals surface area contributed by atoms with Crippen molar-refractivity contribution in [1.82, 2.24) is 19.6 Å². The number of halogens is 1. The molecule has 2 aliphatic rings. The van der Waals surface area contributed by atoms with E-state index in [2.05, 4.69) is 29.8 Å². The lowest BCUT2D eigenvalue weighted by molar-refractivity contribution is -0.133. The first kappa shape index (κ1) is 25.7. The van der Waals surface area contributed by atoms with Crippen molar-refractivity contribution in [3.8, 4) is 11.3 Å². The first-order valence-corrected chi connectivity index (χ1v) is 12.7. The monoisotopic (exact) mass is 493 g/mol. The van der Waals surface area contributed by atoms with Crippen LogP contribution in [0.2, 0.25) is 0 Å². The summed E-state index contributed by atoms with van der Waals surface area (Å²) in [7, 11) is 1.66. The van der Waals surface area contributed by atoms with Crippen LogP contribution in [-0.2, 0) is 22.5 Å². The summed E-state index contributed by atoms with van der Waals surface area (Å²) in [6.45, 7) is 9.01. The van der Waals surface area contributed by atoms with Crippen LogP contribution < -0.4 is 0 Å². The fourth-order valence-corrected chi connectivity index (χ4v) is 4.55. The SMILES string of the molecule is COC1=CCCC=C(N2CCN(C(=O)Cn3nc(-c4ccc(F)c(C)c4)cc3CC(C)C)CC2)N=C1. The number of carbonyl (C=O) groups excluding carboxylic acids is 1. The number of carbonyl (C=O) groups is 1. The average molecular weight is 494 g/mol. The van der Waals surface area contributed by atoms with Crippen LogP contribution in [0.15, 0.2) is 53.0 Å². The minimum absolute atomic E-state index is 0.0596. The quantitative estimate of drug-likeness (QED) is 0.567. The van der Waals surface area contributed by atoms with Gasteiger partial charge in [0.1, 0.15) is 23.9 Å². The number of hydrogen-bond acceptors (Lipinski definition) is 5. The molecule has 36 heavy (non-hydrogen) atoms. The zero-order valence-corrected chi connectivity index (χ0v) is 21.7. The van der Waals surface area contributed by atoms with Gasteiger partial charge < -0.3 is 14.5 Å². The third kappa shape index (κ3) is 6.22. The number of ether oxygens (including phenoxy) is 1. The van der Waals surface area contributed by atoms with Crippen molar-refractivity contribution in [3.05, 3.63) is 65.1 Å². The van der Waals surface area contributed by atoms with E-state index in [0.29, 0.717) is 24.6 Å². The Labute approximate surface area is 212 Å². The Balaban J connectivity index is 1.43. The van der Waals surface area contributed by atoms with Crippen molar-refractivity contribution in [2.45, 2.75) is 46.6 Å². The van der Waals surface area contributed by atoms with Crippen molar-refractivity contribution < 1.29 is 13.9 Å². The van der Waals surface area contributed by atoms with Gasteiger partial charge in [-0.1, -0.05) is 13.8 Å². The molecule has 4 rings (SSSR count). The van der Waals surface area contributed by atoms with Crippen LogP contribution in [0.5, 0.6) is 0 Å². The number of aliphatic imine (C=N–C) groups is 1. The zero-order chi connectivity index (χ0) is 25.7. The van der Waals surface area contributed by atoms with Crippen molar-refractivity contribution in [1.29, 1.82) is 0 Å². The van der Waals surface area contributed by atoms with Gasteiger partial charge in [-0.05, 0) is 74.1 Å². The van der Waals surface area contributed by atoms with E-state index in [4.69, 9.17) is 9.84 Å². The first-order chi connectivity index (χ1) is 17.3. The number of aromatic nitrogens is 2. The number of amides is 1. The van der Waals surface area contributed by atoms with Crippen molar-refractivity contribution in [2.24, 2.45) is 10.9 Å². The van der Waals surface area contributed by atoms with Gasteiger partial charge in [0.15, 0.2) is 0 Å². The lowest BCUT2D eigenvalue weighted by Gasteiger charge is -2.36. The number of aryl methyl sites for hydroxylation is 1. The first-order valence-electron chi connectivity index (χ1n) is 12.7. The molecule has 1 amide bonds. The summed E-state index contributed by atoms with van der Waals surface area (Å²) in [6.07, 6.45) is 8.59. The standard InChI is InChI=1S/C28H36FN5O2/c1-20(2)15-23-17-26(22-9-10-25(29)21(3)16-22)31-34(23)19-28(35)33-13-11-32(12-14-33)27-8-6-5-7-24(36-4)18-30-27/h7-10,16-18,20H,5-6,11-15,19H2,1-4H3. The van der Waals surface area contributed by atoms with Crippen LogP contribution in [0.25, 0.3) is 11.3 Å². The molecule has 1 aromatic carbocycles. The highest BCUT2D eigenvalue weighted by Gasteiger charge is 2.24. The van der Waals surface area contributed by atoms with E-state index >= 15 is 0 Å². The topological polar surface area (TPSA) is 63.0 Å². The second-order valence-corrected chi connectivity index (χ2v) is 9.82. The van der Waals surface area contributed by atoms with Crippen molar-refractivity contribution in [3.63, 3.8) is 0 Å². The summed E-state index contributed by atoms with van der Waals surface area (Å²) in [5.41, 5.74) is 3.23. The van der Waals surface area contributed by atoms with E-state index in [-0.39, 0.29) is 18.3 Å². The predicted molar refractivity (Wildman–Crippen MR) is 140 cm³/mol. The number of allylic oxidation sites excluding steroid dienone is 3. The van der Waals surface area contributed by atoms with Gasteiger partial charge in [0, 0.05) is 37.4 Å². The Hall–Kier alpha value is -3.42.